The van der Waals surface area contributed by atoms with Gasteiger partial charge in [-0.3, -0.25) is 4.79 Å². The highest BCUT2D eigenvalue weighted by Crippen LogP contribution is 2.13. The van der Waals surface area contributed by atoms with Gasteiger partial charge >= 0.3 is 0 Å². The maximum atomic E-state index is 12.2. The van der Waals surface area contributed by atoms with Crippen LogP contribution >= 0.6 is 12.4 Å². The van der Waals surface area contributed by atoms with Crippen molar-refractivity contribution in [3.8, 4) is 5.69 Å². The van der Waals surface area contributed by atoms with Gasteiger partial charge in [-0.25, -0.2) is 0 Å². The number of halogens is 1. The van der Waals surface area contributed by atoms with Crippen molar-refractivity contribution in [1.29, 1.82) is 0 Å². The molecular weight excluding hydrogens is 306 g/mol. The van der Waals surface area contributed by atoms with Gasteiger partial charge in [0.1, 0.15) is 6.04 Å². The lowest BCUT2D eigenvalue weighted by Gasteiger charge is -2.29. The van der Waals surface area contributed by atoms with Crippen molar-refractivity contribution in [3.63, 3.8) is 0 Å². The van der Waals surface area contributed by atoms with Gasteiger partial charge in [-0.05, 0) is 31.2 Å². The van der Waals surface area contributed by atoms with Gasteiger partial charge in [-0.1, -0.05) is 0 Å². The van der Waals surface area contributed by atoms with Gasteiger partial charge in [0.2, 0.25) is 5.91 Å². The molecule has 0 unspecified atom stereocenters. The number of ether oxygens (including phenoxy) is 1. The summed E-state index contributed by atoms with van der Waals surface area (Å²) in [5, 5.41) is 14.1. The number of anilines is 1. The van der Waals surface area contributed by atoms with E-state index in [-0.39, 0.29) is 30.5 Å². The van der Waals surface area contributed by atoms with Crippen LogP contribution in [0.1, 0.15) is 6.92 Å². The smallest absolute Gasteiger partial charge is 0.244 e. The van der Waals surface area contributed by atoms with Crippen molar-refractivity contribution in [2.24, 2.45) is 0 Å². The number of carbonyl (C=O) groups excluding carboxylic acids is 1. The average molecular weight is 324 g/mol. The van der Waals surface area contributed by atoms with Crippen molar-refractivity contribution >= 4 is 24.0 Å². The Balaban J connectivity index is 0.00000176. The Bertz CT molecular complexity index is 602. The van der Waals surface area contributed by atoms with Gasteiger partial charge < -0.3 is 15.4 Å². The molecule has 0 aliphatic carbocycles. The Morgan fingerprint density at radius 3 is 2.64 bits per heavy atom. The van der Waals surface area contributed by atoms with Crippen LogP contribution in [0.15, 0.2) is 36.7 Å². The molecule has 0 bridgehead atoms. The standard InChI is InChI=1S/C14H17N5O2.ClH/c1-10-13(15-8-9-21-10)14(20)18-11-2-4-12(5-3-11)19-16-6-7-17-19;/h2-7,10,13,15H,8-9H2,1H3,(H,18,20);1H/t10-,13+;/m1./s1. The maximum absolute atomic E-state index is 12.2. The molecule has 8 heteroatoms. The third-order valence-electron chi connectivity index (χ3n) is 3.38. The minimum atomic E-state index is -0.328. The molecule has 2 aromatic rings. The normalized spacial score (nSPS) is 21.0. The van der Waals surface area contributed by atoms with Gasteiger partial charge in [0, 0.05) is 12.2 Å². The maximum Gasteiger partial charge on any atom is 0.244 e. The molecule has 0 saturated carbocycles. The molecule has 1 aliphatic rings. The number of nitrogens with one attached hydrogen (secondary N) is 2. The van der Waals surface area contributed by atoms with E-state index in [1.807, 2.05) is 31.2 Å². The molecule has 2 N–H and O–H groups in total. The van der Waals surface area contributed by atoms with E-state index in [2.05, 4.69) is 20.8 Å². The van der Waals surface area contributed by atoms with Gasteiger partial charge in [-0.15, -0.1) is 12.4 Å². The number of amides is 1. The van der Waals surface area contributed by atoms with Crippen molar-refractivity contribution in [2.45, 2.75) is 19.1 Å². The van der Waals surface area contributed by atoms with Crippen LogP contribution in [0.25, 0.3) is 5.69 Å². The summed E-state index contributed by atoms with van der Waals surface area (Å²) in [7, 11) is 0. The van der Waals surface area contributed by atoms with Crippen molar-refractivity contribution in [2.75, 3.05) is 18.5 Å². The van der Waals surface area contributed by atoms with Gasteiger partial charge in [0.15, 0.2) is 0 Å². The summed E-state index contributed by atoms with van der Waals surface area (Å²) in [6.07, 6.45) is 3.10. The van der Waals surface area contributed by atoms with Crippen LogP contribution in [0, 0.1) is 0 Å². The highest BCUT2D eigenvalue weighted by molar-refractivity contribution is 5.95. The molecule has 3 rings (SSSR count). The third kappa shape index (κ3) is 3.62. The summed E-state index contributed by atoms with van der Waals surface area (Å²) in [4.78, 5) is 13.7. The first-order chi connectivity index (χ1) is 10.2. The largest absolute Gasteiger partial charge is 0.375 e. The lowest BCUT2D eigenvalue weighted by atomic mass is 10.1. The highest BCUT2D eigenvalue weighted by Gasteiger charge is 2.28. The zero-order valence-corrected chi connectivity index (χ0v) is 12.9. The SMILES string of the molecule is C[C@H]1OCCN[C@@H]1C(=O)Nc1ccc(-n2nccn2)cc1.Cl. The topological polar surface area (TPSA) is 81.1 Å². The van der Waals surface area contributed by atoms with E-state index in [0.717, 1.165) is 11.4 Å². The number of nitrogens with zero attached hydrogens (tertiary/aromatic N) is 3. The Hall–Kier alpha value is -1.96. The second kappa shape index (κ2) is 7.35. The van der Waals surface area contributed by atoms with E-state index < -0.39 is 0 Å². The summed E-state index contributed by atoms with van der Waals surface area (Å²) in [6, 6.07) is 7.02. The highest BCUT2D eigenvalue weighted by atomic mass is 35.5. The van der Waals surface area contributed by atoms with Crippen LogP contribution in [-0.4, -0.2) is 46.2 Å². The summed E-state index contributed by atoms with van der Waals surface area (Å²) < 4.78 is 5.47. The molecule has 2 heterocycles. The lowest BCUT2D eigenvalue weighted by molar-refractivity contribution is -0.123. The first kappa shape index (κ1) is 16.4. The van der Waals surface area contributed by atoms with E-state index >= 15 is 0 Å². The van der Waals surface area contributed by atoms with E-state index in [9.17, 15) is 4.79 Å². The van der Waals surface area contributed by atoms with Crippen LogP contribution in [-0.2, 0) is 9.53 Å². The van der Waals surface area contributed by atoms with Gasteiger partial charge in [0.05, 0.1) is 30.8 Å². The van der Waals surface area contributed by atoms with Gasteiger partial charge in [0.25, 0.3) is 0 Å². The Morgan fingerprint density at radius 1 is 1.32 bits per heavy atom. The fraction of sp³-hybridized carbons (Fsp3) is 0.357. The summed E-state index contributed by atoms with van der Waals surface area (Å²) >= 11 is 0. The second-order valence-corrected chi connectivity index (χ2v) is 4.86. The molecule has 1 fully saturated rings. The number of morpholine rings is 1. The Morgan fingerprint density at radius 2 is 2.00 bits per heavy atom. The number of carbonyl (C=O) groups is 1. The predicted molar refractivity (Wildman–Crippen MR) is 84.4 cm³/mol. The van der Waals surface area contributed by atoms with E-state index in [1.165, 1.54) is 4.80 Å². The fourth-order valence-electron chi connectivity index (χ4n) is 2.27. The quantitative estimate of drug-likeness (QED) is 0.881. The number of benzene rings is 1. The predicted octanol–water partition coefficient (Wildman–Crippen LogP) is 1.00. The molecule has 1 aromatic carbocycles. The number of rotatable bonds is 3. The molecule has 1 amide bonds. The molecule has 22 heavy (non-hydrogen) atoms. The van der Waals surface area contributed by atoms with E-state index in [0.29, 0.717) is 13.2 Å². The molecule has 0 spiro atoms. The number of aromatic nitrogens is 3. The summed E-state index contributed by atoms with van der Waals surface area (Å²) in [5.74, 6) is -0.0906. The molecular formula is C14H18ClN5O2. The van der Waals surface area contributed by atoms with E-state index in [4.69, 9.17) is 4.74 Å². The molecule has 118 valence electrons. The molecule has 0 radical (unpaired) electrons. The van der Waals surface area contributed by atoms with Gasteiger partial charge in [-0.2, -0.15) is 15.0 Å². The monoisotopic (exact) mass is 323 g/mol. The first-order valence-corrected chi connectivity index (χ1v) is 6.86. The van der Waals surface area contributed by atoms with E-state index in [1.54, 1.807) is 12.4 Å². The van der Waals surface area contributed by atoms with Crippen LogP contribution < -0.4 is 10.6 Å². The molecule has 1 saturated heterocycles. The summed E-state index contributed by atoms with van der Waals surface area (Å²) in [6.45, 7) is 3.21. The van der Waals surface area contributed by atoms with Crippen LogP contribution in [0.3, 0.4) is 0 Å². The first-order valence-electron chi connectivity index (χ1n) is 6.86. The molecule has 7 nitrogen and oxygen atoms in total. The van der Waals surface area contributed by atoms with Crippen LogP contribution in [0.5, 0.6) is 0 Å². The number of hydrogen-bond acceptors (Lipinski definition) is 5. The van der Waals surface area contributed by atoms with Crippen molar-refractivity contribution in [3.05, 3.63) is 36.7 Å². The number of hydrogen-bond donors (Lipinski definition) is 2. The third-order valence-corrected chi connectivity index (χ3v) is 3.38. The fourth-order valence-corrected chi connectivity index (χ4v) is 2.27. The van der Waals surface area contributed by atoms with Crippen molar-refractivity contribution in [1.82, 2.24) is 20.3 Å². The zero-order chi connectivity index (χ0) is 14.7. The Labute approximate surface area is 134 Å². The molecule has 2 atom stereocenters. The Kier molecular flexibility index (Phi) is 5.48. The molecule has 1 aliphatic heterocycles. The second-order valence-electron chi connectivity index (χ2n) is 4.86. The van der Waals surface area contributed by atoms with Crippen molar-refractivity contribution < 1.29 is 9.53 Å². The minimum absolute atomic E-state index is 0. The molecule has 1 aromatic heterocycles. The lowest BCUT2D eigenvalue weighted by Crippen LogP contribution is -2.53. The average Bonchev–Trinajstić information content (AvgIpc) is 3.02. The summed E-state index contributed by atoms with van der Waals surface area (Å²) in [5.41, 5.74) is 1.57. The van der Waals surface area contributed by atoms with Crippen LogP contribution in [0.2, 0.25) is 0 Å². The minimum Gasteiger partial charge on any atom is -0.375 e. The zero-order valence-electron chi connectivity index (χ0n) is 12.1. The van der Waals surface area contributed by atoms with Crippen LogP contribution in [0.4, 0.5) is 5.69 Å².